The Balaban J connectivity index is 2.24. The van der Waals surface area contributed by atoms with Crippen LogP contribution in [0.4, 0.5) is 0 Å². The number of allylic oxidation sites excluding steroid dienone is 2. The Hall–Kier alpha value is -1.16. The van der Waals surface area contributed by atoms with Gasteiger partial charge in [-0.05, 0) is 39.0 Å². The van der Waals surface area contributed by atoms with Crippen LogP contribution in [0.1, 0.15) is 91.9 Å². The minimum absolute atomic E-state index is 0.0532. The summed E-state index contributed by atoms with van der Waals surface area (Å²) in [5.74, 6) is 1.35. The van der Waals surface area contributed by atoms with Gasteiger partial charge in [0.05, 0.1) is 13.1 Å². The van der Waals surface area contributed by atoms with Gasteiger partial charge in [-0.1, -0.05) is 44.8 Å². The monoisotopic (exact) mass is 364 g/mol. The molecule has 1 aliphatic rings. The summed E-state index contributed by atoms with van der Waals surface area (Å²) >= 11 is 0. The number of hydrogen-bond acceptors (Lipinski definition) is 2. The average Bonchev–Trinajstić information content (AvgIpc) is 3.03. The summed E-state index contributed by atoms with van der Waals surface area (Å²) in [6.07, 6.45) is 17.5. The molecule has 0 saturated heterocycles. The first kappa shape index (κ1) is 22.9. The highest BCUT2D eigenvalue weighted by Gasteiger charge is 2.41. The molecule has 0 aromatic rings. The van der Waals surface area contributed by atoms with Crippen molar-refractivity contribution in [1.82, 2.24) is 5.32 Å². The van der Waals surface area contributed by atoms with Crippen molar-refractivity contribution in [3.8, 4) is 0 Å². The molecule has 1 aliphatic heterocycles. The second kappa shape index (κ2) is 13.1. The van der Waals surface area contributed by atoms with E-state index in [2.05, 4.69) is 38.2 Å². The SMILES string of the molecule is CCCCC/C=C/CCCCCCC1=NCC[N+]1(CC)C(C)NC(C)=O. The highest BCUT2D eigenvalue weighted by atomic mass is 16.1. The van der Waals surface area contributed by atoms with Crippen molar-refractivity contribution in [2.45, 2.75) is 98.1 Å². The van der Waals surface area contributed by atoms with Gasteiger partial charge in [0.15, 0.2) is 12.0 Å². The topological polar surface area (TPSA) is 41.5 Å². The third-order valence-electron chi connectivity index (χ3n) is 5.69. The van der Waals surface area contributed by atoms with E-state index in [4.69, 9.17) is 4.99 Å². The molecule has 1 heterocycles. The molecule has 0 saturated carbocycles. The first-order valence-electron chi connectivity index (χ1n) is 10.9. The number of aliphatic imine (C=N–C) groups is 1. The fourth-order valence-corrected chi connectivity index (χ4v) is 4.03. The average molecular weight is 365 g/mol. The number of likely N-dealkylation sites (N-methyl/N-ethyl adjacent to an activating group) is 1. The zero-order chi connectivity index (χ0) is 19.3. The van der Waals surface area contributed by atoms with Crippen molar-refractivity contribution in [3.63, 3.8) is 0 Å². The number of amidine groups is 1. The predicted molar refractivity (Wildman–Crippen MR) is 112 cm³/mol. The normalized spacial score (nSPS) is 21.2. The molecule has 4 heteroatoms. The first-order chi connectivity index (χ1) is 12.6. The Labute approximate surface area is 161 Å². The van der Waals surface area contributed by atoms with Gasteiger partial charge in [-0.15, -0.1) is 0 Å². The Bertz CT molecular complexity index is 458. The second-order valence-corrected chi connectivity index (χ2v) is 7.67. The van der Waals surface area contributed by atoms with Crippen LogP contribution in [-0.4, -0.2) is 42.0 Å². The van der Waals surface area contributed by atoms with E-state index in [-0.39, 0.29) is 12.1 Å². The maximum Gasteiger partial charge on any atom is 0.221 e. The lowest BCUT2D eigenvalue weighted by molar-refractivity contribution is -0.861. The molecule has 0 aliphatic carbocycles. The number of rotatable bonds is 14. The van der Waals surface area contributed by atoms with Gasteiger partial charge in [-0.25, -0.2) is 4.99 Å². The summed E-state index contributed by atoms with van der Waals surface area (Å²) in [4.78, 5) is 16.3. The molecule has 1 N–H and O–H groups in total. The van der Waals surface area contributed by atoms with Gasteiger partial charge >= 0.3 is 0 Å². The Kier molecular flexibility index (Phi) is 11.5. The van der Waals surface area contributed by atoms with E-state index < -0.39 is 0 Å². The van der Waals surface area contributed by atoms with E-state index in [1.54, 1.807) is 6.92 Å². The summed E-state index contributed by atoms with van der Waals surface area (Å²) in [5, 5.41) is 3.09. The van der Waals surface area contributed by atoms with Crippen LogP contribution in [0.5, 0.6) is 0 Å². The van der Waals surface area contributed by atoms with Gasteiger partial charge in [0, 0.05) is 20.3 Å². The van der Waals surface area contributed by atoms with Crippen LogP contribution in [0.15, 0.2) is 17.1 Å². The number of carbonyl (C=O) groups is 1. The Morgan fingerprint density at radius 2 is 1.77 bits per heavy atom. The molecule has 0 aromatic carbocycles. The molecule has 0 fully saturated rings. The van der Waals surface area contributed by atoms with E-state index >= 15 is 0 Å². The fourth-order valence-electron chi connectivity index (χ4n) is 4.03. The van der Waals surface area contributed by atoms with E-state index in [1.807, 2.05) is 0 Å². The molecule has 0 spiro atoms. The summed E-state index contributed by atoms with van der Waals surface area (Å²) in [6, 6.07) is 0. The van der Waals surface area contributed by atoms with Crippen LogP contribution in [0.25, 0.3) is 0 Å². The zero-order valence-corrected chi connectivity index (χ0v) is 17.7. The summed E-state index contributed by atoms with van der Waals surface area (Å²) < 4.78 is 0.847. The van der Waals surface area contributed by atoms with Gasteiger partial charge in [0.25, 0.3) is 0 Å². The van der Waals surface area contributed by atoms with Crippen LogP contribution in [0.2, 0.25) is 0 Å². The minimum atomic E-state index is 0.0532. The molecule has 1 amide bonds. The summed E-state index contributed by atoms with van der Waals surface area (Å²) in [5.41, 5.74) is 0. The number of nitrogens with zero attached hydrogens (tertiary/aromatic N) is 2. The highest BCUT2D eigenvalue weighted by Crippen LogP contribution is 2.23. The lowest BCUT2D eigenvalue weighted by Crippen LogP contribution is -2.62. The number of quaternary nitrogens is 1. The van der Waals surface area contributed by atoms with Gasteiger partial charge in [-0.2, -0.15) is 0 Å². The Morgan fingerprint density at radius 1 is 1.12 bits per heavy atom. The van der Waals surface area contributed by atoms with E-state index in [1.165, 1.54) is 63.6 Å². The fraction of sp³-hybridized carbons (Fsp3) is 0.818. The number of hydrogen-bond donors (Lipinski definition) is 1. The molecule has 2 unspecified atom stereocenters. The van der Waals surface area contributed by atoms with Gasteiger partial charge in [0.2, 0.25) is 5.91 Å². The maximum absolute atomic E-state index is 11.5. The molecular formula is C22H42N3O+. The summed E-state index contributed by atoms with van der Waals surface area (Å²) in [7, 11) is 0. The van der Waals surface area contributed by atoms with E-state index in [0.29, 0.717) is 0 Å². The smallest absolute Gasteiger partial charge is 0.221 e. The third kappa shape index (κ3) is 7.61. The van der Waals surface area contributed by atoms with Crippen molar-refractivity contribution >= 4 is 11.7 Å². The van der Waals surface area contributed by atoms with Crippen molar-refractivity contribution in [3.05, 3.63) is 12.2 Å². The van der Waals surface area contributed by atoms with Crippen molar-refractivity contribution in [2.75, 3.05) is 19.6 Å². The zero-order valence-electron chi connectivity index (χ0n) is 17.7. The van der Waals surface area contributed by atoms with Crippen LogP contribution in [0.3, 0.4) is 0 Å². The molecule has 4 nitrogen and oxygen atoms in total. The molecule has 0 radical (unpaired) electrons. The van der Waals surface area contributed by atoms with Crippen molar-refractivity contribution in [2.24, 2.45) is 4.99 Å². The van der Waals surface area contributed by atoms with Crippen LogP contribution in [-0.2, 0) is 4.79 Å². The summed E-state index contributed by atoms with van der Waals surface area (Å²) in [6.45, 7) is 11.1. The molecule has 0 bridgehead atoms. The standard InChI is InChI=1S/C22H41N3O/c1-5-7-8-9-10-11-12-13-14-15-16-17-22-23-18-19-25(22,6-2)20(3)24-21(4)26/h10-11,20H,5-9,12-19H2,1-4H3/p+1/b11-10+. The van der Waals surface area contributed by atoms with E-state index in [9.17, 15) is 4.79 Å². The third-order valence-corrected chi connectivity index (χ3v) is 5.69. The van der Waals surface area contributed by atoms with Crippen molar-refractivity contribution < 1.29 is 9.28 Å². The largest absolute Gasteiger partial charge is 0.307 e. The lowest BCUT2D eigenvalue weighted by Gasteiger charge is -2.39. The van der Waals surface area contributed by atoms with Crippen LogP contribution in [0, 0.1) is 0 Å². The number of carbonyl (C=O) groups excluding carboxylic acids is 1. The van der Waals surface area contributed by atoms with Crippen LogP contribution < -0.4 is 5.32 Å². The number of amides is 1. The quantitative estimate of drug-likeness (QED) is 0.257. The molecule has 150 valence electrons. The van der Waals surface area contributed by atoms with Crippen LogP contribution >= 0.6 is 0 Å². The highest BCUT2D eigenvalue weighted by molar-refractivity contribution is 5.78. The molecule has 2 atom stereocenters. The maximum atomic E-state index is 11.5. The second-order valence-electron chi connectivity index (χ2n) is 7.67. The number of nitrogens with one attached hydrogen (secondary N) is 1. The lowest BCUT2D eigenvalue weighted by atomic mass is 10.1. The molecular weight excluding hydrogens is 322 g/mol. The van der Waals surface area contributed by atoms with Gasteiger partial charge in [0.1, 0.15) is 6.54 Å². The predicted octanol–water partition coefficient (Wildman–Crippen LogP) is 5.19. The first-order valence-corrected chi connectivity index (χ1v) is 10.9. The van der Waals surface area contributed by atoms with E-state index in [0.717, 1.165) is 30.5 Å². The van der Waals surface area contributed by atoms with Crippen molar-refractivity contribution in [1.29, 1.82) is 0 Å². The van der Waals surface area contributed by atoms with Gasteiger partial charge < -0.3 is 5.32 Å². The Morgan fingerprint density at radius 3 is 2.38 bits per heavy atom. The number of unbranched alkanes of at least 4 members (excludes halogenated alkanes) is 7. The molecule has 1 rings (SSSR count). The van der Waals surface area contributed by atoms with Gasteiger partial charge in [-0.3, -0.25) is 9.28 Å². The minimum Gasteiger partial charge on any atom is -0.307 e. The molecule has 0 aromatic heterocycles. The molecule has 26 heavy (non-hydrogen) atoms.